The van der Waals surface area contributed by atoms with Gasteiger partial charge in [0.1, 0.15) is 0 Å². The maximum Gasteiger partial charge on any atom is 0.189 e. The van der Waals surface area contributed by atoms with Crippen molar-refractivity contribution in [3.63, 3.8) is 0 Å². The van der Waals surface area contributed by atoms with Crippen molar-refractivity contribution in [3.05, 3.63) is 430 Å². The molecular weight excluding hydrogens is 1340 g/mol. The number of rotatable bonds is 12. The van der Waals surface area contributed by atoms with Gasteiger partial charge in [0.05, 0.1) is 45.2 Å². The summed E-state index contributed by atoms with van der Waals surface area (Å²) in [6.45, 7) is 7.62. The first kappa shape index (κ1) is 64.3. The van der Waals surface area contributed by atoms with E-state index in [1.165, 1.54) is 136 Å². The Hall–Kier alpha value is -14.4. The second-order valence-electron chi connectivity index (χ2n) is 28.2. The highest BCUT2D eigenvalue weighted by Crippen LogP contribution is 2.43. The van der Waals surface area contributed by atoms with Crippen LogP contribution in [0.25, 0.3) is 159 Å². The van der Waals surface area contributed by atoms with Gasteiger partial charge < -0.3 is 18.3 Å². The van der Waals surface area contributed by atoms with Crippen LogP contribution in [0.3, 0.4) is 0 Å². The van der Waals surface area contributed by atoms with Crippen molar-refractivity contribution in [3.8, 4) is 67.3 Å². The van der Waals surface area contributed by atoms with E-state index in [1.54, 1.807) is 0 Å². The maximum absolute atomic E-state index is 7.62. The van der Waals surface area contributed by atoms with Crippen LogP contribution in [0.15, 0.2) is 419 Å². The summed E-state index contributed by atoms with van der Waals surface area (Å²) >= 11 is 0. The second kappa shape index (κ2) is 27.0. The lowest BCUT2D eigenvalue weighted by atomic mass is 10.0. The standard InChI is InChI=1S/C60H42N2Si.C43H27N3/c1-6-19-43(20-7-1)44-21-18-24-48(39-44)62-57-32-17-16-31-53(57)55-40-45(34-38-59(55)62)46-33-37-58-56(41-46)54-36-35-52(42-60(54)61(58)47-22-8-2-9-23-47)63(49-25-10-3-11-26-49,50-27-12-4-13-28-50)51-29-14-5-15-30-51;1-44-33-21-22-37-39-27-32(19-23-41(39)45(43(37)28-33)34-14-6-3-7-15-34)31-20-24-42-38(26-31)36-17-8-9-18-40(36)46(42)35-16-10-13-30(25-35)29-11-4-2-5-12-29/h1-42H;2-28H. The molecule has 0 unspecified atom stereocenters. The highest BCUT2D eigenvalue weighted by Gasteiger charge is 2.42. The molecule has 0 fully saturated rings. The summed E-state index contributed by atoms with van der Waals surface area (Å²) in [7, 11) is -2.76. The van der Waals surface area contributed by atoms with Crippen molar-refractivity contribution in [2.45, 2.75) is 0 Å². The Kier molecular flexibility index (Phi) is 15.9. The minimum absolute atomic E-state index is 0.642. The SMILES string of the molecule is [C-]#[N+]c1ccc2c3cc(-c4ccc5c(c4)c4ccccc4n5-c4cccc(-c5ccccc5)c4)ccc3n(-c3ccccc3)c2c1.c1ccc(-c2cccc(-n3c4ccccc4c4cc(-c5ccc6c(c5)c5ccc([Si](c7ccccc7)(c7ccccc7)c7ccccc7)cc5n6-c5ccccc5)ccc43)c2)cc1. The molecule has 510 valence electrons. The van der Waals surface area contributed by atoms with Crippen LogP contribution in [0.1, 0.15) is 0 Å². The number of hydrogen-bond acceptors (Lipinski definition) is 0. The third-order valence-electron chi connectivity index (χ3n) is 22.2. The van der Waals surface area contributed by atoms with Gasteiger partial charge in [0.25, 0.3) is 0 Å². The quantitative estimate of drug-likeness (QED) is 0.0661. The van der Waals surface area contributed by atoms with Crippen LogP contribution >= 0.6 is 0 Å². The molecule has 21 aromatic rings. The predicted molar refractivity (Wildman–Crippen MR) is 462 cm³/mol. The molecule has 0 aliphatic heterocycles. The lowest BCUT2D eigenvalue weighted by Gasteiger charge is -2.34. The molecule has 0 bridgehead atoms. The van der Waals surface area contributed by atoms with E-state index in [-0.39, 0.29) is 0 Å². The summed E-state index contributed by atoms with van der Waals surface area (Å²) in [5.41, 5.74) is 24.1. The summed E-state index contributed by atoms with van der Waals surface area (Å²) < 4.78 is 9.54. The number of aromatic nitrogens is 4. The van der Waals surface area contributed by atoms with Gasteiger partial charge in [-0.1, -0.05) is 297 Å². The van der Waals surface area contributed by atoms with E-state index in [9.17, 15) is 0 Å². The van der Waals surface area contributed by atoms with Crippen LogP contribution in [-0.2, 0) is 0 Å². The fraction of sp³-hybridized carbons (Fsp3) is 0. The fourth-order valence-corrected chi connectivity index (χ4v) is 22.0. The van der Waals surface area contributed by atoms with Crippen LogP contribution in [0.2, 0.25) is 0 Å². The fourth-order valence-electron chi connectivity index (χ4n) is 17.2. The lowest BCUT2D eigenvalue weighted by Crippen LogP contribution is -2.74. The van der Waals surface area contributed by atoms with Crippen LogP contribution in [-0.4, -0.2) is 26.3 Å². The number of fused-ring (bicyclic) bond motifs is 12. The average molecular weight is 1400 g/mol. The molecule has 0 aliphatic carbocycles. The Labute approximate surface area is 633 Å². The van der Waals surface area contributed by atoms with Gasteiger partial charge in [0, 0.05) is 71.4 Å². The summed E-state index contributed by atoms with van der Waals surface area (Å²) in [6.07, 6.45) is 0. The minimum atomic E-state index is -2.76. The van der Waals surface area contributed by atoms with E-state index in [0.717, 1.165) is 39.2 Å². The Morgan fingerprint density at radius 3 is 0.844 bits per heavy atom. The summed E-state index contributed by atoms with van der Waals surface area (Å²) in [4.78, 5) is 3.72. The number of benzene rings is 17. The number of hydrogen-bond donors (Lipinski definition) is 0. The number of nitrogens with zero attached hydrogens (tertiary/aromatic N) is 5. The van der Waals surface area contributed by atoms with E-state index < -0.39 is 8.07 Å². The summed E-state index contributed by atoms with van der Waals surface area (Å²) in [5, 5.41) is 15.2. The zero-order valence-electron chi connectivity index (χ0n) is 59.6. The van der Waals surface area contributed by atoms with Crippen molar-refractivity contribution in [2.75, 3.05) is 0 Å². The Balaban J connectivity index is 0.000000150. The van der Waals surface area contributed by atoms with Crippen molar-refractivity contribution >= 4 is 122 Å². The first-order chi connectivity index (χ1) is 54.0. The Morgan fingerprint density at radius 2 is 0.459 bits per heavy atom. The van der Waals surface area contributed by atoms with Crippen molar-refractivity contribution < 1.29 is 0 Å². The molecule has 109 heavy (non-hydrogen) atoms. The predicted octanol–water partition coefficient (Wildman–Crippen LogP) is 24.4. The second-order valence-corrected chi connectivity index (χ2v) is 32.0. The maximum atomic E-state index is 7.62. The highest BCUT2D eigenvalue weighted by molar-refractivity contribution is 7.20. The summed E-state index contributed by atoms with van der Waals surface area (Å²) in [6, 6.07) is 152. The van der Waals surface area contributed by atoms with E-state index >= 15 is 0 Å². The molecule has 17 aromatic carbocycles. The molecule has 0 saturated carbocycles. The molecule has 0 radical (unpaired) electrons. The molecule has 4 heterocycles. The van der Waals surface area contributed by atoms with Crippen molar-refractivity contribution in [1.82, 2.24) is 18.3 Å². The molecule has 0 saturated heterocycles. The molecule has 0 amide bonds. The number of para-hydroxylation sites is 4. The zero-order chi connectivity index (χ0) is 72.4. The first-order valence-electron chi connectivity index (χ1n) is 37.2. The zero-order valence-corrected chi connectivity index (χ0v) is 60.6. The van der Waals surface area contributed by atoms with Crippen LogP contribution in [0.4, 0.5) is 5.69 Å². The van der Waals surface area contributed by atoms with Gasteiger partial charge in [-0.15, -0.1) is 0 Å². The van der Waals surface area contributed by atoms with Gasteiger partial charge in [0.2, 0.25) is 0 Å². The van der Waals surface area contributed by atoms with E-state index in [2.05, 4.69) is 423 Å². The molecule has 21 rings (SSSR count). The monoisotopic (exact) mass is 1400 g/mol. The van der Waals surface area contributed by atoms with Crippen molar-refractivity contribution in [2.24, 2.45) is 0 Å². The Bertz CT molecular complexity index is 6980. The van der Waals surface area contributed by atoms with Gasteiger partial charge in [-0.05, 0) is 187 Å². The largest absolute Gasteiger partial charge is 0.311 e. The molecular formula is C103H69N5Si. The van der Waals surface area contributed by atoms with Gasteiger partial charge in [-0.25, -0.2) is 4.85 Å². The molecule has 5 nitrogen and oxygen atoms in total. The molecule has 0 atom stereocenters. The normalized spacial score (nSPS) is 11.7. The van der Waals surface area contributed by atoms with Crippen molar-refractivity contribution in [1.29, 1.82) is 0 Å². The molecule has 0 N–H and O–H groups in total. The molecule has 0 aliphatic rings. The van der Waals surface area contributed by atoms with Crippen LogP contribution < -0.4 is 20.7 Å². The third-order valence-corrected chi connectivity index (χ3v) is 26.9. The van der Waals surface area contributed by atoms with Gasteiger partial charge >= 0.3 is 0 Å². The van der Waals surface area contributed by atoms with E-state index in [1.807, 2.05) is 18.2 Å². The minimum Gasteiger partial charge on any atom is -0.311 e. The highest BCUT2D eigenvalue weighted by atomic mass is 28.3. The van der Waals surface area contributed by atoms with Crippen LogP contribution in [0.5, 0.6) is 0 Å². The Morgan fingerprint density at radius 1 is 0.174 bits per heavy atom. The van der Waals surface area contributed by atoms with E-state index in [4.69, 9.17) is 6.57 Å². The first-order valence-corrected chi connectivity index (χ1v) is 39.2. The van der Waals surface area contributed by atoms with Crippen LogP contribution in [0, 0.1) is 6.57 Å². The topological polar surface area (TPSA) is 24.1 Å². The molecule has 4 aromatic heterocycles. The lowest BCUT2D eigenvalue weighted by molar-refractivity contribution is 1.18. The summed E-state index contributed by atoms with van der Waals surface area (Å²) in [5.74, 6) is 0. The third kappa shape index (κ3) is 11.0. The van der Waals surface area contributed by atoms with Gasteiger partial charge in [-0.3, -0.25) is 0 Å². The smallest absolute Gasteiger partial charge is 0.189 e. The average Bonchev–Trinajstić information content (AvgIpc) is 1.68. The van der Waals surface area contributed by atoms with E-state index in [0.29, 0.717) is 5.69 Å². The molecule has 0 spiro atoms. The van der Waals surface area contributed by atoms with Gasteiger partial charge in [0.15, 0.2) is 13.8 Å². The van der Waals surface area contributed by atoms with Gasteiger partial charge in [-0.2, -0.15) is 0 Å². The molecule has 6 heteroatoms.